The van der Waals surface area contributed by atoms with Crippen molar-refractivity contribution in [3.63, 3.8) is 0 Å². The summed E-state index contributed by atoms with van der Waals surface area (Å²) in [4.78, 5) is 0. The van der Waals surface area contributed by atoms with E-state index in [1.807, 2.05) is 13.8 Å². The van der Waals surface area contributed by atoms with Gasteiger partial charge in [0.1, 0.15) is 0 Å². The van der Waals surface area contributed by atoms with Crippen molar-refractivity contribution in [3.05, 3.63) is 23.8 Å². The number of hydrogen-bond acceptors (Lipinski definition) is 1. The van der Waals surface area contributed by atoms with Gasteiger partial charge < -0.3 is 5.11 Å². The first kappa shape index (κ1) is 13.5. The molecule has 0 saturated heterocycles. The molecule has 0 aromatic heterocycles. The zero-order valence-electron chi connectivity index (χ0n) is 11.2. The maximum atomic E-state index is 10.1. The summed E-state index contributed by atoms with van der Waals surface area (Å²) in [7, 11) is 0. The molecular weight excluding hydrogens is 196 g/mol. The second kappa shape index (κ2) is 5.67. The maximum Gasteiger partial charge on any atom is 0.0654 e. The molecule has 0 fully saturated rings. The second-order valence-corrected chi connectivity index (χ2v) is 5.79. The molecule has 0 aliphatic heterocycles. The fraction of sp³-hybridized carbons (Fsp3) is 0.733. The molecule has 1 aliphatic carbocycles. The molecule has 0 amide bonds. The molecule has 1 aliphatic rings. The quantitative estimate of drug-likeness (QED) is 0.663. The number of allylic oxidation sites excluding steroid dienone is 3. The molecule has 1 rings (SSSR count). The van der Waals surface area contributed by atoms with Gasteiger partial charge in [-0.3, -0.25) is 0 Å². The molecule has 0 spiro atoms. The fourth-order valence-corrected chi connectivity index (χ4v) is 2.18. The molecule has 92 valence electrons. The van der Waals surface area contributed by atoms with Gasteiger partial charge in [-0.1, -0.05) is 30.7 Å². The highest BCUT2D eigenvalue weighted by molar-refractivity contribution is 5.05. The molecule has 16 heavy (non-hydrogen) atoms. The highest BCUT2D eigenvalue weighted by Crippen LogP contribution is 2.27. The van der Waals surface area contributed by atoms with E-state index in [2.05, 4.69) is 32.1 Å². The average molecular weight is 222 g/mol. The van der Waals surface area contributed by atoms with E-state index in [1.54, 1.807) is 0 Å². The van der Waals surface area contributed by atoms with Gasteiger partial charge in [-0.25, -0.2) is 0 Å². The lowest BCUT2D eigenvalue weighted by molar-refractivity contribution is 0.0336. The highest BCUT2D eigenvalue weighted by atomic mass is 16.3. The second-order valence-electron chi connectivity index (χ2n) is 5.79. The topological polar surface area (TPSA) is 20.2 Å². The van der Waals surface area contributed by atoms with E-state index in [4.69, 9.17) is 0 Å². The Balaban J connectivity index is 2.76. The van der Waals surface area contributed by atoms with E-state index in [0.717, 1.165) is 12.8 Å². The van der Waals surface area contributed by atoms with Crippen LogP contribution >= 0.6 is 0 Å². The normalized spacial score (nSPS) is 33.9. The standard InChI is InChI=1S/C15H26O/c1-12-6-5-7-13(2)9-11-14(10-8-12)15(3,4)16/h6,9,11,13-14,16H,5,7-8,10H2,1-4H3/b11-9+,12-6-/t13-,14+/m1/s1. The highest BCUT2D eigenvalue weighted by Gasteiger charge is 2.24. The third kappa shape index (κ3) is 4.52. The molecule has 0 aromatic carbocycles. The van der Waals surface area contributed by atoms with E-state index in [1.165, 1.54) is 18.4 Å². The summed E-state index contributed by atoms with van der Waals surface area (Å²) in [5.41, 5.74) is 0.868. The van der Waals surface area contributed by atoms with Gasteiger partial charge in [-0.05, 0) is 52.4 Å². The monoisotopic (exact) mass is 222 g/mol. The summed E-state index contributed by atoms with van der Waals surface area (Å²) >= 11 is 0. The van der Waals surface area contributed by atoms with Crippen LogP contribution in [0.5, 0.6) is 0 Å². The average Bonchev–Trinajstić information content (AvgIpc) is 2.15. The van der Waals surface area contributed by atoms with Gasteiger partial charge in [0, 0.05) is 5.92 Å². The van der Waals surface area contributed by atoms with Gasteiger partial charge in [-0.15, -0.1) is 0 Å². The summed E-state index contributed by atoms with van der Waals surface area (Å²) < 4.78 is 0. The Morgan fingerprint density at radius 2 is 1.94 bits per heavy atom. The third-order valence-corrected chi connectivity index (χ3v) is 3.54. The molecule has 1 heteroatoms. The predicted octanol–water partition coefficient (Wildman–Crippen LogP) is 4.09. The minimum absolute atomic E-state index is 0.274. The van der Waals surface area contributed by atoms with Crippen molar-refractivity contribution in [3.8, 4) is 0 Å². The van der Waals surface area contributed by atoms with Crippen molar-refractivity contribution in [2.24, 2.45) is 11.8 Å². The van der Waals surface area contributed by atoms with Crippen LogP contribution in [0, 0.1) is 11.8 Å². The van der Waals surface area contributed by atoms with Gasteiger partial charge in [0.15, 0.2) is 0 Å². The Morgan fingerprint density at radius 3 is 2.56 bits per heavy atom. The van der Waals surface area contributed by atoms with Crippen molar-refractivity contribution < 1.29 is 5.11 Å². The lowest BCUT2D eigenvalue weighted by Gasteiger charge is -2.27. The van der Waals surface area contributed by atoms with E-state index < -0.39 is 5.60 Å². The van der Waals surface area contributed by atoms with Gasteiger partial charge >= 0.3 is 0 Å². The van der Waals surface area contributed by atoms with Gasteiger partial charge in [0.05, 0.1) is 5.60 Å². The lowest BCUT2D eigenvalue weighted by Crippen LogP contribution is -2.29. The van der Waals surface area contributed by atoms with Gasteiger partial charge in [0.2, 0.25) is 0 Å². The minimum Gasteiger partial charge on any atom is -0.390 e. The van der Waals surface area contributed by atoms with Crippen LogP contribution in [0.25, 0.3) is 0 Å². The smallest absolute Gasteiger partial charge is 0.0654 e. The first-order chi connectivity index (χ1) is 7.39. The van der Waals surface area contributed by atoms with Gasteiger partial charge in [0.25, 0.3) is 0 Å². The van der Waals surface area contributed by atoms with E-state index in [9.17, 15) is 5.11 Å². The molecule has 0 aromatic rings. The van der Waals surface area contributed by atoms with Crippen LogP contribution < -0.4 is 0 Å². The van der Waals surface area contributed by atoms with E-state index >= 15 is 0 Å². The molecule has 2 atom stereocenters. The van der Waals surface area contributed by atoms with Crippen LogP contribution in [-0.2, 0) is 0 Å². The first-order valence-corrected chi connectivity index (χ1v) is 6.46. The van der Waals surface area contributed by atoms with E-state index in [0.29, 0.717) is 5.92 Å². The minimum atomic E-state index is -0.601. The number of rotatable bonds is 1. The SMILES string of the molecule is C/C1=C/CC[C@@H](C)/C=C/[C@@H](C(C)(C)O)CC1. The Kier molecular flexibility index (Phi) is 4.79. The van der Waals surface area contributed by atoms with Crippen LogP contribution in [0.1, 0.15) is 53.4 Å². The van der Waals surface area contributed by atoms with Crippen LogP contribution in [0.15, 0.2) is 23.8 Å². The summed E-state index contributed by atoms with van der Waals surface area (Å²) in [6, 6.07) is 0. The van der Waals surface area contributed by atoms with Gasteiger partial charge in [-0.2, -0.15) is 0 Å². The first-order valence-electron chi connectivity index (χ1n) is 6.46. The van der Waals surface area contributed by atoms with Crippen LogP contribution in [0.3, 0.4) is 0 Å². The molecule has 0 bridgehead atoms. The molecule has 1 N–H and O–H groups in total. The zero-order valence-corrected chi connectivity index (χ0v) is 11.2. The zero-order chi connectivity index (χ0) is 12.2. The van der Waals surface area contributed by atoms with Crippen molar-refractivity contribution >= 4 is 0 Å². The maximum absolute atomic E-state index is 10.1. The molecule has 0 radical (unpaired) electrons. The predicted molar refractivity (Wildman–Crippen MR) is 70.3 cm³/mol. The Labute approximate surface area is 100 Å². The van der Waals surface area contributed by atoms with Crippen LogP contribution in [0.4, 0.5) is 0 Å². The summed E-state index contributed by atoms with van der Waals surface area (Å²) in [6.07, 6.45) is 11.4. The van der Waals surface area contributed by atoms with Crippen molar-refractivity contribution in [1.82, 2.24) is 0 Å². The molecular formula is C15H26O. The number of aliphatic hydroxyl groups is 1. The molecule has 0 unspecified atom stereocenters. The van der Waals surface area contributed by atoms with Crippen molar-refractivity contribution in [1.29, 1.82) is 0 Å². The summed E-state index contributed by atoms with van der Waals surface area (Å²) in [5, 5.41) is 10.1. The lowest BCUT2D eigenvalue weighted by atomic mass is 9.84. The summed E-state index contributed by atoms with van der Waals surface area (Å²) in [6.45, 7) is 8.29. The Hall–Kier alpha value is -0.560. The fourth-order valence-electron chi connectivity index (χ4n) is 2.18. The third-order valence-electron chi connectivity index (χ3n) is 3.54. The molecule has 0 saturated carbocycles. The van der Waals surface area contributed by atoms with Crippen LogP contribution in [-0.4, -0.2) is 10.7 Å². The molecule has 0 heterocycles. The Bertz CT molecular complexity index is 268. The van der Waals surface area contributed by atoms with Crippen molar-refractivity contribution in [2.45, 2.75) is 59.0 Å². The summed E-state index contributed by atoms with van der Waals surface area (Å²) in [5.74, 6) is 0.892. The van der Waals surface area contributed by atoms with Crippen LogP contribution in [0.2, 0.25) is 0 Å². The Morgan fingerprint density at radius 1 is 1.25 bits per heavy atom. The van der Waals surface area contributed by atoms with Crippen molar-refractivity contribution in [2.75, 3.05) is 0 Å². The molecule has 1 nitrogen and oxygen atoms in total. The number of hydrogen-bond donors (Lipinski definition) is 1. The van der Waals surface area contributed by atoms with E-state index in [-0.39, 0.29) is 5.92 Å². The largest absolute Gasteiger partial charge is 0.390 e.